The largest absolute Gasteiger partial charge is 0.488 e. The van der Waals surface area contributed by atoms with Gasteiger partial charge in [-0.2, -0.15) is 0 Å². The molecule has 0 bridgehead atoms. The van der Waals surface area contributed by atoms with Gasteiger partial charge in [-0.05, 0) is 54.3 Å². The predicted octanol–water partition coefficient (Wildman–Crippen LogP) is 4.69. The molecule has 3 rings (SSSR count). The summed E-state index contributed by atoms with van der Waals surface area (Å²) in [5, 5.41) is 2.01. The lowest BCUT2D eigenvalue weighted by Gasteiger charge is -2.21. The van der Waals surface area contributed by atoms with E-state index in [-0.39, 0.29) is 11.8 Å². The van der Waals surface area contributed by atoms with Crippen LogP contribution < -0.4 is 4.74 Å². The van der Waals surface area contributed by atoms with E-state index in [1.54, 1.807) is 53.4 Å². The first-order valence-electron chi connectivity index (χ1n) is 9.83. The van der Waals surface area contributed by atoms with Gasteiger partial charge in [-0.25, -0.2) is 0 Å². The quantitative estimate of drug-likeness (QED) is 0.529. The summed E-state index contributed by atoms with van der Waals surface area (Å²) in [7, 11) is 3.46. The van der Waals surface area contributed by atoms with Crippen LogP contribution in [0.3, 0.4) is 0 Å². The Bertz CT molecular complexity index is 982. The molecule has 0 atom stereocenters. The van der Waals surface area contributed by atoms with E-state index in [2.05, 4.69) is 0 Å². The number of hydrogen-bond donors (Lipinski definition) is 0. The number of amides is 2. The molecule has 5 nitrogen and oxygen atoms in total. The number of nitrogens with zero attached hydrogens (tertiary/aromatic N) is 2. The zero-order valence-electron chi connectivity index (χ0n) is 17.5. The summed E-state index contributed by atoms with van der Waals surface area (Å²) in [6.45, 7) is 3.51. The lowest BCUT2D eigenvalue weighted by atomic mass is 10.1. The van der Waals surface area contributed by atoms with E-state index in [0.29, 0.717) is 36.6 Å². The Morgan fingerprint density at radius 3 is 2.33 bits per heavy atom. The summed E-state index contributed by atoms with van der Waals surface area (Å²) >= 11 is 1.64. The maximum absolute atomic E-state index is 13.0. The normalized spacial score (nSPS) is 10.5. The van der Waals surface area contributed by atoms with E-state index in [0.717, 1.165) is 10.4 Å². The molecule has 0 aliphatic heterocycles. The number of thiophene rings is 1. The smallest absolute Gasteiger partial charge is 0.254 e. The lowest BCUT2D eigenvalue weighted by molar-refractivity contribution is 0.0751. The van der Waals surface area contributed by atoms with Gasteiger partial charge in [0.2, 0.25) is 0 Å². The summed E-state index contributed by atoms with van der Waals surface area (Å²) < 4.78 is 5.83. The molecule has 6 heteroatoms. The summed E-state index contributed by atoms with van der Waals surface area (Å²) in [6.07, 6.45) is 0. The van der Waals surface area contributed by atoms with Crippen molar-refractivity contribution in [2.45, 2.75) is 20.1 Å². The van der Waals surface area contributed by atoms with Crippen LogP contribution in [0.5, 0.6) is 5.75 Å². The second-order valence-corrected chi connectivity index (χ2v) is 8.14. The number of carbonyl (C=O) groups is 2. The maximum Gasteiger partial charge on any atom is 0.254 e. The highest BCUT2D eigenvalue weighted by atomic mass is 32.1. The molecule has 30 heavy (non-hydrogen) atoms. The Morgan fingerprint density at radius 2 is 1.70 bits per heavy atom. The van der Waals surface area contributed by atoms with E-state index in [9.17, 15) is 9.59 Å². The second kappa shape index (κ2) is 10.1. The summed E-state index contributed by atoms with van der Waals surface area (Å²) in [4.78, 5) is 29.5. The molecule has 0 radical (unpaired) electrons. The zero-order valence-corrected chi connectivity index (χ0v) is 18.3. The number of carbonyl (C=O) groups excluding carboxylic acids is 2. The number of benzene rings is 2. The monoisotopic (exact) mass is 422 g/mol. The van der Waals surface area contributed by atoms with Crippen molar-refractivity contribution in [1.29, 1.82) is 0 Å². The molecular weight excluding hydrogens is 396 g/mol. The van der Waals surface area contributed by atoms with E-state index < -0.39 is 0 Å². The minimum Gasteiger partial charge on any atom is -0.488 e. The van der Waals surface area contributed by atoms with Gasteiger partial charge in [-0.1, -0.05) is 24.3 Å². The highest BCUT2D eigenvalue weighted by Gasteiger charge is 2.16. The fourth-order valence-corrected chi connectivity index (χ4v) is 3.63. The van der Waals surface area contributed by atoms with Gasteiger partial charge in [0, 0.05) is 43.2 Å². The van der Waals surface area contributed by atoms with Crippen LogP contribution in [0.25, 0.3) is 0 Å². The van der Waals surface area contributed by atoms with Crippen molar-refractivity contribution in [3.05, 3.63) is 87.6 Å². The minimum atomic E-state index is -0.0486. The van der Waals surface area contributed by atoms with Gasteiger partial charge in [0.1, 0.15) is 12.4 Å². The Kier molecular flexibility index (Phi) is 7.25. The molecule has 0 spiro atoms. The minimum absolute atomic E-state index is 0.0377. The van der Waals surface area contributed by atoms with Crippen molar-refractivity contribution in [2.75, 3.05) is 20.6 Å². The van der Waals surface area contributed by atoms with E-state index in [4.69, 9.17) is 4.74 Å². The van der Waals surface area contributed by atoms with Crippen LogP contribution in [-0.2, 0) is 13.2 Å². The fourth-order valence-electron chi connectivity index (χ4n) is 3.01. The van der Waals surface area contributed by atoms with E-state index >= 15 is 0 Å². The SMILES string of the molecule is CCN(Cc1ccc(C(=O)N(C)C)cc1)C(=O)c1cccc(OCc2cccs2)c1. The van der Waals surface area contributed by atoms with Gasteiger partial charge < -0.3 is 14.5 Å². The van der Waals surface area contributed by atoms with Gasteiger partial charge in [-0.3, -0.25) is 9.59 Å². The van der Waals surface area contributed by atoms with Crippen LogP contribution in [0.4, 0.5) is 0 Å². The summed E-state index contributed by atoms with van der Waals surface area (Å²) in [5.41, 5.74) is 2.21. The highest BCUT2D eigenvalue weighted by molar-refractivity contribution is 7.09. The third-order valence-electron chi connectivity index (χ3n) is 4.69. The Labute approximate surface area is 181 Å². The summed E-state index contributed by atoms with van der Waals surface area (Å²) in [5.74, 6) is 0.591. The van der Waals surface area contributed by atoms with Crippen LogP contribution >= 0.6 is 11.3 Å². The van der Waals surface area contributed by atoms with Crippen molar-refractivity contribution in [1.82, 2.24) is 9.80 Å². The van der Waals surface area contributed by atoms with Crippen molar-refractivity contribution < 1.29 is 14.3 Å². The molecule has 0 aliphatic rings. The topological polar surface area (TPSA) is 49.9 Å². The first-order chi connectivity index (χ1) is 14.5. The Morgan fingerprint density at radius 1 is 0.933 bits per heavy atom. The molecule has 0 aliphatic carbocycles. The number of hydrogen-bond acceptors (Lipinski definition) is 4. The van der Waals surface area contributed by atoms with Crippen LogP contribution in [0.1, 0.15) is 38.1 Å². The molecule has 156 valence electrons. The molecule has 1 heterocycles. The van der Waals surface area contributed by atoms with Crippen LogP contribution in [-0.4, -0.2) is 42.3 Å². The maximum atomic E-state index is 13.0. The Balaban J connectivity index is 1.67. The average Bonchev–Trinajstić information content (AvgIpc) is 3.29. The molecule has 0 fully saturated rings. The van der Waals surface area contributed by atoms with Crippen LogP contribution in [0.2, 0.25) is 0 Å². The lowest BCUT2D eigenvalue weighted by Crippen LogP contribution is -2.30. The molecule has 1 aromatic heterocycles. The van der Waals surface area contributed by atoms with Crippen molar-refractivity contribution in [2.24, 2.45) is 0 Å². The zero-order chi connectivity index (χ0) is 21.5. The van der Waals surface area contributed by atoms with Gasteiger partial charge in [0.25, 0.3) is 11.8 Å². The van der Waals surface area contributed by atoms with Gasteiger partial charge >= 0.3 is 0 Å². The fraction of sp³-hybridized carbons (Fsp3) is 0.250. The standard InChI is InChI=1S/C24H26N2O3S/c1-4-26(16-18-10-12-19(13-11-18)23(27)25(2)3)24(28)20-7-5-8-21(15-20)29-17-22-9-6-14-30-22/h5-15H,4,16-17H2,1-3H3. The van der Waals surface area contributed by atoms with E-state index in [1.165, 1.54) is 0 Å². The molecule has 0 saturated heterocycles. The molecule has 0 unspecified atom stereocenters. The van der Waals surface area contributed by atoms with Crippen LogP contribution in [0, 0.1) is 0 Å². The number of rotatable bonds is 8. The third-order valence-corrected chi connectivity index (χ3v) is 5.54. The van der Waals surface area contributed by atoms with Crippen molar-refractivity contribution in [3.63, 3.8) is 0 Å². The predicted molar refractivity (Wildman–Crippen MR) is 120 cm³/mol. The van der Waals surface area contributed by atoms with Crippen molar-refractivity contribution in [3.8, 4) is 5.75 Å². The van der Waals surface area contributed by atoms with Gasteiger partial charge in [0.05, 0.1) is 0 Å². The third kappa shape index (κ3) is 5.48. The first-order valence-corrected chi connectivity index (χ1v) is 10.7. The summed E-state index contributed by atoms with van der Waals surface area (Å²) in [6, 6.07) is 18.7. The Hall–Kier alpha value is -3.12. The molecular formula is C24H26N2O3S. The molecule has 3 aromatic rings. The number of ether oxygens (including phenoxy) is 1. The average molecular weight is 423 g/mol. The van der Waals surface area contributed by atoms with Gasteiger partial charge in [-0.15, -0.1) is 11.3 Å². The first kappa shape index (κ1) is 21.6. The van der Waals surface area contributed by atoms with Crippen molar-refractivity contribution >= 4 is 23.2 Å². The molecule has 0 N–H and O–H groups in total. The molecule has 2 aromatic carbocycles. The molecule has 0 saturated carbocycles. The van der Waals surface area contributed by atoms with Crippen LogP contribution in [0.15, 0.2) is 66.0 Å². The van der Waals surface area contributed by atoms with E-state index in [1.807, 2.05) is 54.8 Å². The van der Waals surface area contributed by atoms with Gasteiger partial charge in [0.15, 0.2) is 0 Å². The second-order valence-electron chi connectivity index (χ2n) is 7.11. The highest BCUT2D eigenvalue weighted by Crippen LogP contribution is 2.19. The molecule has 2 amide bonds.